The van der Waals surface area contributed by atoms with E-state index in [4.69, 9.17) is 13.9 Å². The predicted octanol–water partition coefficient (Wildman–Crippen LogP) is 2.59. The summed E-state index contributed by atoms with van der Waals surface area (Å²) >= 11 is 0. The highest BCUT2D eigenvalue weighted by atomic mass is 28.4. The summed E-state index contributed by atoms with van der Waals surface area (Å²) in [5.41, 5.74) is 0. The molecule has 0 saturated carbocycles. The van der Waals surface area contributed by atoms with E-state index in [1.807, 2.05) is 0 Å². The van der Waals surface area contributed by atoms with Gasteiger partial charge in [0.15, 0.2) is 8.32 Å². The maximum absolute atomic E-state index is 11.5. The molecule has 0 N–H and O–H groups in total. The number of hydrogen-bond donors (Lipinski definition) is 0. The van der Waals surface area contributed by atoms with Gasteiger partial charge in [-0.3, -0.25) is 4.79 Å². The molecule has 18 heavy (non-hydrogen) atoms. The Morgan fingerprint density at radius 3 is 2.39 bits per heavy atom. The highest BCUT2D eigenvalue weighted by molar-refractivity contribution is 6.74. The number of carbonyl (C=O) groups excluding carboxylic acids is 1. The molecular weight excluding hydrogens is 248 g/mol. The van der Waals surface area contributed by atoms with Gasteiger partial charge in [0, 0.05) is 0 Å². The van der Waals surface area contributed by atoms with Crippen molar-refractivity contribution in [2.75, 3.05) is 20.3 Å². The average molecular weight is 274 g/mol. The summed E-state index contributed by atoms with van der Waals surface area (Å²) in [6.45, 7) is 12.1. The van der Waals surface area contributed by atoms with Crippen LogP contribution in [0.4, 0.5) is 0 Å². The molecule has 1 aliphatic heterocycles. The van der Waals surface area contributed by atoms with Crippen LogP contribution >= 0.6 is 0 Å². The topological polar surface area (TPSA) is 44.8 Å². The lowest BCUT2D eigenvalue weighted by Crippen LogP contribution is -2.47. The molecule has 0 spiro atoms. The molecule has 1 saturated heterocycles. The molecule has 0 aliphatic carbocycles. The quantitative estimate of drug-likeness (QED) is 0.586. The van der Waals surface area contributed by atoms with Crippen LogP contribution in [0.3, 0.4) is 0 Å². The molecule has 0 bridgehead atoms. The third kappa shape index (κ3) is 3.80. The van der Waals surface area contributed by atoms with Crippen molar-refractivity contribution in [1.29, 1.82) is 0 Å². The molecular formula is C13H26O4Si. The first-order chi connectivity index (χ1) is 8.17. The highest BCUT2D eigenvalue weighted by Crippen LogP contribution is 2.38. The zero-order valence-electron chi connectivity index (χ0n) is 12.4. The zero-order valence-corrected chi connectivity index (χ0v) is 13.4. The third-order valence-corrected chi connectivity index (χ3v) is 8.51. The number of esters is 1. The first-order valence-corrected chi connectivity index (χ1v) is 9.41. The number of rotatable bonds is 3. The maximum Gasteiger partial charge on any atom is 0.311 e. The van der Waals surface area contributed by atoms with Gasteiger partial charge in [-0.05, 0) is 24.6 Å². The SMILES string of the molecule is COC(=O)C1COCC(O[Si](C)(C)C(C)(C)C)C1. The van der Waals surface area contributed by atoms with Crippen molar-refractivity contribution in [2.45, 2.75) is 51.4 Å². The summed E-state index contributed by atoms with van der Waals surface area (Å²) in [5.74, 6) is -0.378. The van der Waals surface area contributed by atoms with E-state index >= 15 is 0 Å². The monoisotopic (exact) mass is 274 g/mol. The first-order valence-electron chi connectivity index (χ1n) is 6.51. The van der Waals surface area contributed by atoms with Crippen molar-refractivity contribution in [3.05, 3.63) is 0 Å². The van der Waals surface area contributed by atoms with Crippen molar-refractivity contribution in [1.82, 2.24) is 0 Å². The van der Waals surface area contributed by atoms with E-state index in [-0.39, 0.29) is 23.0 Å². The lowest BCUT2D eigenvalue weighted by Gasteiger charge is -2.41. The Hall–Kier alpha value is -0.393. The van der Waals surface area contributed by atoms with Crippen LogP contribution in [0, 0.1) is 5.92 Å². The predicted molar refractivity (Wildman–Crippen MR) is 73.0 cm³/mol. The van der Waals surface area contributed by atoms with Crippen LogP contribution in [0.15, 0.2) is 0 Å². The molecule has 1 heterocycles. The van der Waals surface area contributed by atoms with Gasteiger partial charge in [0.1, 0.15) is 0 Å². The second kappa shape index (κ2) is 5.71. The van der Waals surface area contributed by atoms with Crippen molar-refractivity contribution in [3.8, 4) is 0 Å². The number of methoxy groups -OCH3 is 1. The van der Waals surface area contributed by atoms with Crippen LogP contribution in [0.25, 0.3) is 0 Å². The van der Waals surface area contributed by atoms with E-state index in [1.165, 1.54) is 7.11 Å². The third-order valence-electron chi connectivity index (χ3n) is 3.97. The Kier molecular flexibility index (Phi) is 4.97. The van der Waals surface area contributed by atoms with E-state index < -0.39 is 8.32 Å². The summed E-state index contributed by atoms with van der Waals surface area (Å²) in [6, 6.07) is 0. The molecule has 4 nitrogen and oxygen atoms in total. The Morgan fingerprint density at radius 1 is 1.28 bits per heavy atom. The van der Waals surface area contributed by atoms with Gasteiger partial charge < -0.3 is 13.9 Å². The molecule has 0 amide bonds. The number of ether oxygens (including phenoxy) is 2. The molecule has 0 aromatic rings. The minimum atomic E-state index is -1.80. The molecule has 1 fully saturated rings. The first kappa shape index (κ1) is 15.7. The standard InChI is InChI=1S/C13H26O4Si/c1-13(2,3)18(5,6)17-11-7-10(8-16-9-11)12(14)15-4/h10-11H,7-9H2,1-6H3. The molecule has 106 valence electrons. The molecule has 0 aromatic carbocycles. The summed E-state index contributed by atoms with van der Waals surface area (Å²) in [5, 5.41) is 0.172. The summed E-state index contributed by atoms with van der Waals surface area (Å²) in [6.07, 6.45) is 0.725. The molecule has 2 atom stereocenters. The van der Waals surface area contributed by atoms with Crippen LogP contribution in [0.1, 0.15) is 27.2 Å². The molecule has 0 aromatic heterocycles. The fourth-order valence-corrected chi connectivity index (χ4v) is 3.15. The van der Waals surface area contributed by atoms with Gasteiger partial charge in [0.2, 0.25) is 0 Å². The average Bonchev–Trinajstić information content (AvgIpc) is 2.26. The van der Waals surface area contributed by atoms with Gasteiger partial charge in [-0.1, -0.05) is 20.8 Å². The Morgan fingerprint density at radius 2 is 1.89 bits per heavy atom. The molecule has 1 rings (SSSR count). The van der Waals surface area contributed by atoms with Gasteiger partial charge in [0.05, 0.1) is 32.3 Å². The van der Waals surface area contributed by atoms with Crippen molar-refractivity contribution < 1.29 is 18.7 Å². The summed E-state index contributed by atoms with van der Waals surface area (Å²) < 4.78 is 16.5. The summed E-state index contributed by atoms with van der Waals surface area (Å²) in [4.78, 5) is 11.5. The van der Waals surface area contributed by atoms with Gasteiger partial charge in [-0.15, -0.1) is 0 Å². The smallest absolute Gasteiger partial charge is 0.311 e. The van der Waals surface area contributed by atoms with Crippen molar-refractivity contribution >= 4 is 14.3 Å². The largest absolute Gasteiger partial charge is 0.469 e. The Labute approximate surface area is 111 Å². The Balaban J connectivity index is 2.60. The van der Waals surface area contributed by atoms with Crippen molar-refractivity contribution in [2.24, 2.45) is 5.92 Å². The summed E-state index contributed by atoms with van der Waals surface area (Å²) in [7, 11) is -0.382. The molecule has 0 radical (unpaired) electrons. The fourth-order valence-electron chi connectivity index (χ4n) is 1.80. The second-order valence-corrected chi connectivity index (χ2v) is 11.2. The fraction of sp³-hybridized carbons (Fsp3) is 0.923. The van der Waals surface area contributed by atoms with E-state index in [2.05, 4.69) is 33.9 Å². The molecule has 2 unspecified atom stereocenters. The van der Waals surface area contributed by atoms with Crippen LogP contribution in [0.2, 0.25) is 18.1 Å². The van der Waals surface area contributed by atoms with Crippen molar-refractivity contribution in [3.63, 3.8) is 0 Å². The van der Waals surface area contributed by atoms with Crippen LogP contribution < -0.4 is 0 Å². The number of hydrogen-bond acceptors (Lipinski definition) is 4. The lowest BCUT2D eigenvalue weighted by atomic mass is 10.0. The van der Waals surface area contributed by atoms with E-state index in [9.17, 15) is 4.79 Å². The molecule has 1 aliphatic rings. The van der Waals surface area contributed by atoms with E-state index in [1.54, 1.807) is 0 Å². The van der Waals surface area contributed by atoms with Crippen LogP contribution in [-0.4, -0.2) is 40.7 Å². The number of carbonyl (C=O) groups is 1. The lowest BCUT2D eigenvalue weighted by molar-refractivity contribution is -0.153. The minimum absolute atomic E-state index is 0.0174. The minimum Gasteiger partial charge on any atom is -0.469 e. The van der Waals surface area contributed by atoms with Gasteiger partial charge in [0.25, 0.3) is 0 Å². The van der Waals surface area contributed by atoms with Crippen LogP contribution in [-0.2, 0) is 18.7 Å². The van der Waals surface area contributed by atoms with E-state index in [0.717, 1.165) is 0 Å². The zero-order chi connectivity index (χ0) is 14.0. The highest BCUT2D eigenvalue weighted by Gasteiger charge is 2.41. The van der Waals surface area contributed by atoms with Crippen LogP contribution in [0.5, 0.6) is 0 Å². The second-order valence-electron chi connectivity index (χ2n) is 6.49. The van der Waals surface area contributed by atoms with Gasteiger partial charge in [-0.25, -0.2) is 0 Å². The van der Waals surface area contributed by atoms with E-state index in [0.29, 0.717) is 19.6 Å². The molecule has 5 heteroatoms. The van der Waals surface area contributed by atoms with Gasteiger partial charge in [-0.2, -0.15) is 0 Å². The normalized spacial score (nSPS) is 25.9. The Bertz CT molecular complexity index is 296. The maximum atomic E-state index is 11.5. The van der Waals surface area contributed by atoms with Gasteiger partial charge >= 0.3 is 5.97 Å².